The van der Waals surface area contributed by atoms with E-state index in [0.29, 0.717) is 22.8 Å². The second-order valence-electron chi connectivity index (χ2n) is 12.2. The fourth-order valence-corrected chi connectivity index (χ4v) is 9.22. The van der Waals surface area contributed by atoms with Crippen LogP contribution in [0.1, 0.15) is 96.7 Å². The number of unbranched alkanes of at least 4 members (excludes halogenated alkanes) is 6. The summed E-state index contributed by atoms with van der Waals surface area (Å²) in [5.41, 5.74) is 4.25. The molecule has 3 aromatic heterocycles. The van der Waals surface area contributed by atoms with Gasteiger partial charge in [-0.15, -0.1) is 22.7 Å². The maximum atomic E-state index is 17.5. The van der Waals surface area contributed by atoms with Crippen molar-refractivity contribution in [3.8, 4) is 10.6 Å². The molecule has 2 aromatic carbocycles. The molecule has 7 rings (SSSR count). The maximum absolute atomic E-state index is 17.5. The predicted octanol–water partition coefficient (Wildman–Crippen LogP) is 11.3. The second kappa shape index (κ2) is 12.2. The molecule has 2 nitrogen and oxygen atoms in total. The molecule has 44 heavy (non-hydrogen) atoms. The molecule has 0 spiro atoms. The summed E-state index contributed by atoms with van der Waals surface area (Å²) in [6.07, 6.45) is 13.6. The van der Waals surface area contributed by atoms with Gasteiger partial charge in [-0.25, -0.2) is 0 Å². The van der Waals surface area contributed by atoms with Gasteiger partial charge in [0.05, 0.1) is 16.0 Å². The molecule has 5 aromatic rings. The molecular formula is C37H39BF2N2S2. The summed E-state index contributed by atoms with van der Waals surface area (Å²) in [4.78, 5) is 4.37. The van der Waals surface area contributed by atoms with E-state index in [-0.39, 0.29) is 0 Å². The van der Waals surface area contributed by atoms with Gasteiger partial charge < -0.3 is 17.6 Å². The summed E-state index contributed by atoms with van der Waals surface area (Å²) in [5, 5.41) is 1.77. The van der Waals surface area contributed by atoms with Crippen LogP contribution in [0.3, 0.4) is 0 Å². The third-order valence-electron chi connectivity index (χ3n) is 9.16. The summed E-state index contributed by atoms with van der Waals surface area (Å²) in [6.45, 7) is 0.244. The zero-order chi connectivity index (χ0) is 30.3. The third-order valence-corrected chi connectivity index (χ3v) is 11.5. The van der Waals surface area contributed by atoms with E-state index in [1.807, 2.05) is 54.6 Å². The molecule has 0 atom stereocenters. The number of aromatic nitrogens is 1. The summed E-state index contributed by atoms with van der Waals surface area (Å²) in [7, 11) is 0. The van der Waals surface area contributed by atoms with Crippen molar-refractivity contribution in [3.63, 3.8) is 0 Å². The first kappa shape index (κ1) is 29.4. The Bertz CT molecular complexity index is 1890. The van der Waals surface area contributed by atoms with Crippen molar-refractivity contribution in [3.05, 3.63) is 104 Å². The number of nitrogens with zero attached hydrogens (tertiary/aromatic N) is 2. The highest BCUT2D eigenvalue weighted by atomic mass is 32.1. The monoisotopic (exact) mass is 624 g/mol. The van der Waals surface area contributed by atoms with E-state index < -0.39 is 6.97 Å². The van der Waals surface area contributed by atoms with E-state index in [0.717, 1.165) is 57.3 Å². The van der Waals surface area contributed by atoms with Crippen LogP contribution in [0, 0.1) is 0 Å². The molecule has 0 unspecified atom stereocenters. The van der Waals surface area contributed by atoms with Gasteiger partial charge in [0, 0.05) is 42.9 Å². The number of hydrogen-bond donors (Lipinski definition) is 0. The maximum Gasteiger partial charge on any atom is 0.738 e. The number of thiophene rings is 2. The number of aryl methyl sites for hydroxylation is 2. The molecule has 7 heteroatoms. The van der Waals surface area contributed by atoms with Gasteiger partial charge in [0.25, 0.3) is 0 Å². The Balaban J connectivity index is 1.38. The molecule has 0 N–H and O–H groups in total. The van der Waals surface area contributed by atoms with Crippen molar-refractivity contribution in [2.24, 2.45) is 0 Å². The molecule has 0 saturated heterocycles. The van der Waals surface area contributed by atoms with Crippen LogP contribution in [0.2, 0.25) is 0 Å². The minimum absolute atomic E-state index is 0.601. The van der Waals surface area contributed by atoms with Crippen molar-refractivity contribution >= 4 is 57.9 Å². The van der Waals surface area contributed by atoms with Crippen molar-refractivity contribution in [2.75, 3.05) is 0 Å². The Morgan fingerprint density at radius 2 is 1.25 bits per heavy atom. The predicted molar refractivity (Wildman–Crippen MR) is 186 cm³/mol. The van der Waals surface area contributed by atoms with E-state index >= 15 is 8.63 Å². The summed E-state index contributed by atoms with van der Waals surface area (Å²) < 4.78 is 37.8. The third kappa shape index (κ3) is 5.02. The topological polar surface area (TPSA) is 7.94 Å². The molecule has 0 amide bonds. The van der Waals surface area contributed by atoms with Crippen LogP contribution in [-0.4, -0.2) is 21.6 Å². The highest BCUT2D eigenvalue weighted by Gasteiger charge is 2.56. The van der Waals surface area contributed by atoms with Crippen LogP contribution in [0.15, 0.2) is 72.8 Å². The van der Waals surface area contributed by atoms with Crippen LogP contribution >= 0.6 is 22.7 Å². The molecule has 2 aliphatic heterocycles. The first-order valence-corrected chi connectivity index (χ1v) is 18.0. The second-order valence-corrected chi connectivity index (χ2v) is 14.5. The molecule has 5 heterocycles. The summed E-state index contributed by atoms with van der Waals surface area (Å²) >= 11 is 3.35. The van der Waals surface area contributed by atoms with Crippen LogP contribution in [-0.2, 0) is 12.8 Å². The lowest BCUT2D eigenvalue weighted by atomic mass is 9.89. The van der Waals surface area contributed by atoms with E-state index in [1.165, 1.54) is 57.2 Å². The van der Waals surface area contributed by atoms with E-state index in [2.05, 4.69) is 38.1 Å². The number of hydrogen-bond acceptors (Lipinski definition) is 2. The van der Waals surface area contributed by atoms with Crippen molar-refractivity contribution in [1.82, 2.24) is 4.48 Å². The minimum Gasteiger partial charge on any atom is -0.389 e. The first-order chi connectivity index (χ1) is 21.5. The Labute approximate surface area is 267 Å². The number of rotatable bonds is 12. The Morgan fingerprint density at radius 1 is 0.659 bits per heavy atom. The largest absolute Gasteiger partial charge is 0.738 e. The molecule has 0 bridgehead atoms. The van der Waals surface area contributed by atoms with Gasteiger partial charge in [-0.05, 0) is 62.1 Å². The molecule has 226 valence electrons. The van der Waals surface area contributed by atoms with Gasteiger partial charge in [-0.1, -0.05) is 88.8 Å². The van der Waals surface area contributed by atoms with Crippen molar-refractivity contribution in [2.45, 2.75) is 78.1 Å². The lowest BCUT2D eigenvalue weighted by Crippen LogP contribution is -2.50. The Morgan fingerprint density at radius 3 is 1.93 bits per heavy atom. The number of halogens is 2. The summed E-state index contributed by atoms with van der Waals surface area (Å²) in [5.74, 6) is 0. The summed E-state index contributed by atoms with van der Waals surface area (Å²) in [6, 6.07) is 24.3. The molecule has 0 aliphatic carbocycles. The van der Waals surface area contributed by atoms with E-state index in [4.69, 9.17) is 0 Å². The fraction of sp³-hybridized carbons (Fsp3) is 0.324. The van der Waals surface area contributed by atoms with Gasteiger partial charge in [-0.2, -0.15) is 0 Å². The Hall–Kier alpha value is -3.29. The normalized spacial score (nSPS) is 15.0. The fourth-order valence-electron chi connectivity index (χ4n) is 7.00. The quantitative estimate of drug-likeness (QED) is 0.0964. The van der Waals surface area contributed by atoms with E-state index in [9.17, 15) is 0 Å². The number of fused-ring (bicyclic) bond motifs is 6. The van der Waals surface area contributed by atoms with Crippen LogP contribution in [0.25, 0.3) is 33.1 Å². The molecule has 0 fully saturated rings. The van der Waals surface area contributed by atoms with Crippen molar-refractivity contribution < 1.29 is 13.1 Å². The lowest BCUT2D eigenvalue weighted by Gasteiger charge is -2.30. The molecule has 0 saturated carbocycles. The molecule has 0 radical (unpaired) electrons. The minimum atomic E-state index is -4.20. The molecular weight excluding hydrogens is 585 g/mol. The van der Waals surface area contributed by atoms with Gasteiger partial charge in [0.2, 0.25) is 0 Å². The van der Waals surface area contributed by atoms with Gasteiger partial charge in [0.15, 0.2) is 11.4 Å². The van der Waals surface area contributed by atoms with Gasteiger partial charge in [0.1, 0.15) is 0 Å². The first-order valence-electron chi connectivity index (χ1n) is 16.3. The average Bonchev–Trinajstić information content (AvgIpc) is 3.82. The van der Waals surface area contributed by atoms with Crippen LogP contribution in [0.4, 0.5) is 8.63 Å². The highest BCUT2D eigenvalue weighted by Crippen LogP contribution is 2.47. The highest BCUT2D eigenvalue weighted by molar-refractivity contribution is 7.15. The smallest absolute Gasteiger partial charge is 0.389 e. The SMILES string of the molecule is CCCCCCc1ccc(C2=[N+]3C(=Cc4c5ccccc5c(-c5ccc(CCCCCC)s5)n4[B-]3(F)F)c3ccccc32)s1. The Kier molecular flexibility index (Phi) is 8.19. The standard InChI is InChI=1S/C37H39BF2N2S2/c1-3-5-7-9-15-26-21-23-34(43-26)36-30-19-13-11-17-28(30)32-25-33-29-18-12-14-20-31(29)37(42(33)38(39,40)41(32)36)35-24-22-27(44-35)16-10-8-6-4-2/h11-14,17-25H,3-10,15-16H2,1-2H3. The zero-order valence-corrected chi connectivity index (χ0v) is 27.3. The van der Waals surface area contributed by atoms with Gasteiger partial charge in [-0.3, -0.25) is 0 Å². The van der Waals surface area contributed by atoms with E-state index in [1.54, 1.807) is 22.7 Å². The number of benzene rings is 2. The van der Waals surface area contributed by atoms with Crippen molar-refractivity contribution in [1.29, 1.82) is 0 Å². The van der Waals surface area contributed by atoms with Gasteiger partial charge >= 0.3 is 6.97 Å². The van der Waals surface area contributed by atoms with Crippen LogP contribution < -0.4 is 0 Å². The molecule has 2 aliphatic rings. The average molecular weight is 625 g/mol. The van der Waals surface area contributed by atoms with Crippen LogP contribution in [0.5, 0.6) is 0 Å². The zero-order valence-electron chi connectivity index (χ0n) is 25.6. The lowest BCUT2D eigenvalue weighted by molar-refractivity contribution is -0.316.